The topological polar surface area (TPSA) is 29.5 Å². The van der Waals surface area contributed by atoms with E-state index in [9.17, 15) is 9.18 Å². The van der Waals surface area contributed by atoms with Crippen LogP contribution in [0.15, 0.2) is 40.9 Å². The minimum atomic E-state index is -0.439. The van der Waals surface area contributed by atoms with E-state index in [0.29, 0.717) is 12.6 Å². The minimum Gasteiger partial charge on any atom is -0.469 e. The van der Waals surface area contributed by atoms with Gasteiger partial charge in [-0.1, -0.05) is 40.2 Å². The molecule has 0 aliphatic carbocycles. The monoisotopic (exact) mass is 394 g/mol. The predicted molar refractivity (Wildman–Crippen MR) is 95.6 cm³/mol. The zero-order chi connectivity index (χ0) is 17.1. The van der Waals surface area contributed by atoms with Crippen molar-refractivity contribution < 1.29 is 13.9 Å². The summed E-state index contributed by atoms with van der Waals surface area (Å²) >= 11 is 3.47. The Balaban J connectivity index is 1.87. The van der Waals surface area contributed by atoms with Crippen molar-refractivity contribution in [1.29, 1.82) is 0 Å². The Kier molecular flexibility index (Phi) is 5.72. The van der Waals surface area contributed by atoms with Gasteiger partial charge in [0.1, 0.15) is 6.67 Å². The molecule has 0 spiro atoms. The third-order valence-electron chi connectivity index (χ3n) is 5.41. The lowest BCUT2D eigenvalue weighted by Gasteiger charge is -2.43. The van der Waals surface area contributed by atoms with E-state index < -0.39 is 6.67 Å². The van der Waals surface area contributed by atoms with Gasteiger partial charge in [0.15, 0.2) is 0 Å². The van der Waals surface area contributed by atoms with Crippen LogP contribution in [0, 0.1) is 5.92 Å². The van der Waals surface area contributed by atoms with Gasteiger partial charge in [-0.3, -0.25) is 9.69 Å². The van der Waals surface area contributed by atoms with Crippen LogP contribution in [-0.4, -0.2) is 43.3 Å². The molecule has 2 saturated heterocycles. The van der Waals surface area contributed by atoms with Crippen molar-refractivity contribution >= 4 is 21.9 Å². The molecule has 0 amide bonds. The maximum atomic E-state index is 12.5. The molecule has 3 rings (SSSR count). The lowest BCUT2D eigenvalue weighted by molar-refractivity contribution is -0.150. The molecule has 2 aliphatic rings. The van der Waals surface area contributed by atoms with Crippen LogP contribution in [0.25, 0.3) is 0 Å². The Hall–Kier alpha value is -1.20. The van der Waals surface area contributed by atoms with Gasteiger partial charge in [0.05, 0.1) is 13.0 Å². The standard InChI is InChI=1S/C19H23BrFNO2/c1-24-19(23)18-16(13-4-6-14(20)7-5-13)12-15-8-9-17(18)22(15)11-3-2-10-21/h2-7,15-18H,8-12H2,1H3/b3-2+/t15?,16-,17?,18+/m1/s1/i21-1. The number of carbonyl (C=O) groups excluding carboxylic acids is 1. The number of alkyl halides is 1. The molecule has 5 heteroatoms. The van der Waals surface area contributed by atoms with Crippen LogP contribution in [0.2, 0.25) is 0 Å². The lowest BCUT2D eigenvalue weighted by Crippen LogP contribution is -2.50. The molecule has 0 radical (unpaired) electrons. The average Bonchev–Trinajstić information content (AvgIpc) is 2.87. The number of benzene rings is 1. The minimum absolute atomic E-state index is 0.132. The van der Waals surface area contributed by atoms with Gasteiger partial charge < -0.3 is 4.74 Å². The fourth-order valence-electron chi connectivity index (χ4n) is 4.37. The van der Waals surface area contributed by atoms with E-state index in [0.717, 1.165) is 23.7 Å². The molecule has 1 aromatic carbocycles. The molecule has 2 bridgehead atoms. The second kappa shape index (κ2) is 7.79. The molecule has 2 fully saturated rings. The molecule has 2 heterocycles. The fraction of sp³-hybridized carbons (Fsp3) is 0.526. The molecule has 4 atom stereocenters. The second-order valence-corrected chi connectivity index (χ2v) is 7.48. The van der Waals surface area contributed by atoms with Crippen molar-refractivity contribution in [3.8, 4) is 0 Å². The number of rotatable bonds is 5. The molecule has 2 aliphatic heterocycles. The summed E-state index contributed by atoms with van der Waals surface area (Å²) in [6, 6.07) is 8.89. The molecule has 0 aromatic heterocycles. The summed E-state index contributed by atoms with van der Waals surface area (Å²) in [4.78, 5) is 14.9. The number of hydrogen-bond donors (Lipinski definition) is 0. The summed E-state index contributed by atoms with van der Waals surface area (Å²) in [6.07, 6.45) is 6.46. The lowest BCUT2D eigenvalue weighted by atomic mass is 9.76. The number of esters is 1. The number of allylic oxidation sites excluding steroid dienone is 1. The number of ether oxygens (including phenoxy) is 1. The predicted octanol–water partition coefficient (Wildman–Crippen LogP) is 4.08. The quantitative estimate of drug-likeness (QED) is 0.556. The first-order valence-corrected chi connectivity index (χ1v) is 9.25. The Morgan fingerprint density at radius 2 is 2.08 bits per heavy atom. The third-order valence-corrected chi connectivity index (χ3v) is 5.94. The summed E-state index contributed by atoms with van der Waals surface area (Å²) in [5.74, 6) is -0.106. The number of fused-ring (bicyclic) bond motifs is 2. The number of carbonyl (C=O) groups is 1. The maximum absolute atomic E-state index is 12.5. The van der Waals surface area contributed by atoms with Crippen LogP contribution in [0.5, 0.6) is 0 Å². The van der Waals surface area contributed by atoms with Gasteiger partial charge in [0.25, 0.3) is 0 Å². The Bertz CT molecular complexity index is 604. The van der Waals surface area contributed by atoms with Crippen LogP contribution < -0.4 is 0 Å². The first-order valence-electron chi connectivity index (χ1n) is 8.45. The van der Waals surface area contributed by atoms with Gasteiger partial charge in [0.2, 0.25) is 0 Å². The molecular formula is C19H23BrFNO2. The van der Waals surface area contributed by atoms with Crippen LogP contribution in [0.1, 0.15) is 30.7 Å². The maximum Gasteiger partial charge on any atom is 0.310 e. The highest BCUT2D eigenvalue weighted by atomic mass is 79.9. The van der Waals surface area contributed by atoms with Crippen LogP contribution in [-0.2, 0) is 9.53 Å². The number of nitrogens with zero attached hydrogens (tertiary/aromatic N) is 1. The molecule has 0 N–H and O–H groups in total. The highest BCUT2D eigenvalue weighted by Crippen LogP contribution is 2.47. The normalized spacial score (nSPS) is 30.0. The average molecular weight is 395 g/mol. The van der Waals surface area contributed by atoms with Crippen LogP contribution in [0.3, 0.4) is 0 Å². The first-order chi connectivity index (χ1) is 11.7. The molecular weight excluding hydrogens is 372 g/mol. The Morgan fingerprint density at radius 3 is 2.75 bits per heavy atom. The molecule has 24 heavy (non-hydrogen) atoms. The van der Waals surface area contributed by atoms with Crippen LogP contribution in [0.4, 0.5) is 4.39 Å². The second-order valence-electron chi connectivity index (χ2n) is 6.56. The highest BCUT2D eigenvalue weighted by molar-refractivity contribution is 9.10. The SMILES string of the molecule is COC(=O)[C@@H]1C2CCC(C[C@@H]1c1ccc(Br)cc1)N2C/C=C/C[18F]. The zero-order valence-corrected chi connectivity index (χ0v) is 15.4. The molecule has 0 saturated carbocycles. The summed E-state index contributed by atoms with van der Waals surface area (Å²) in [5.41, 5.74) is 1.20. The smallest absolute Gasteiger partial charge is 0.310 e. The van der Waals surface area contributed by atoms with Gasteiger partial charge in [-0.15, -0.1) is 0 Å². The summed E-state index contributed by atoms with van der Waals surface area (Å²) in [6.45, 7) is 0.269. The van der Waals surface area contributed by atoms with Crippen molar-refractivity contribution in [1.82, 2.24) is 4.90 Å². The Labute approximate surface area is 151 Å². The van der Waals surface area contributed by atoms with Gasteiger partial charge in [-0.05, 0) is 37.0 Å². The van der Waals surface area contributed by atoms with Gasteiger partial charge in [-0.25, -0.2) is 4.39 Å². The number of hydrogen-bond acceptors (Lipinski definition) is 3. The molecule has 2 unspecified atom stereocenters. The highest BCUT2D eigenvalue weighted by Gasteiger charge is 2.50. The Morgan fingerprint density at radius 1 is 1.33 bits per heavy atom. The molecule has 130 valence electrons. The van der Waals surface area contributed by atoms with Crippen molar-refractivity contribution in [2.75, 3.05) is 20.3 Å². The van der Waals surface area contributed by atoms with E-state index in [4.69, 9.17) is 4.74 Å². The molecule has 1 aromatic rings. The third kappa shape index (κ3) is 3.42. The first kappa shape index (κ1) is 17.6. The van der Waals surface area contributed by atoms with Crippen LogP contribution >= 0.6 is 15.9 Å². The zero-order valence-electron chi connectivity index (χ0n) is 13.8. The summed E-state index contributed by atoms with van der Waals surface area (Å²) < 4.78 is 18.5. The van der Waals surface area contributed by atoms with Crippen molar-refractivity contribution in [3.63, 3.8) is 0 Å². The summed E-state index contributed by atoms with van der Waals surface area (Å²) in [5, 5.41) is 0. The van der Waals surface area contributed by atoms with E-state index in [2.05, 4.69) is 33.0 Å². The summed E-state index contributed by atoms with van der Waals surface area (Å²) in [7, 11) is 1.47. The number of methoxy groups -OCH3 is 1. The van der Waals surface area contributed by atoms with E-state index in [-0.39, 0.29) is 23.8 Å². The number of halogens is 2. The van der Waals surface area contributed by atoms with Crippen molar-refractivity contribution in [2.24, 2.45) is 5.92 Å². The van der Waals surface area contributed by atoms with E-state index >= 15 is 0 Å². The van der Waals surface area contributed by atoms with Gasteiger partial charge in [0, 0.05) is 29.0 Å². The largest absolute Gasteiger partial charge is 0.469 e. The van der Waals surface area contributed by atoms with Gasteiger partial charge >= 0.3 is 5.97 Å². The van der Waals surface area contributed by atoms with E-state index in [1.165, 1.54) is 12.7 Å². The molecule has 3 nitrogen and oxygen atoms in total. The van der Waals surface area contributed by atoms with E-state index in [1.807, 2.05) is 18.2 Å². The van der Waals surface area contributed by atoms with Crippen molar-refractivity contribution in [2.45, 2.75) is 37.3 Å². The van der Waals surface area contributed by atoms with Crippen molar-refractivity contribution in [3.05, 3.63) is 46.5 Å². The number of piperidine rings is 1. The van der Waals surface area contributed by atoms with E-state index in [1.54, 1.807) is 6.08 Å². The van der Waals surface area contributed by atoms with Gasteiger partial charge in [-0.2, -0.15) is 0 Å². The fourth-order valence-corrected chi connectivity index (χ4v) is 4.63.